The zero-order valence-electron chi connectivity index (χ0n) is 16.1. The Hall–Kier alpha value is -2.50. The number of nitrogens with zero attached hydrogens (tertiary/aromatic N) is 3. The van der Waals surface area contributed by atoms with Crippen LogP contribution in [0.3, 0.4) is 0 Å². The maximum atomic E-state index is 13.9. The van der Waals surface area contributed by atoms with Crippen LogP contribution < -0.4 is 5.56 Å². The minimum atomic E-state index is -0.352. The van der Waals surface area contributed by atoms with Gasteiger partial charge in [-0.25, -0.2) is 9.07 Å². The highest BCUT2D eigenvalue weighted by Gasteiger charge is 2.30. The topological polar surface area (TPSA) is 55.2 Å². The minimum Gasteiger partial charge on any atom is -0.338 e. The molecule has 5 nitrogen and oxygen atoms in total. The van der Waals surface area contributed by atoms with Crippen molar-refractivity contribution in [1.29, 1.82) is 0 Å². The van der Waals surface area contributed by atoms with E-state index in [0.29, 0.717) is 18.7 Å². The molecular formula is C22H26FN3O2. The number of hydrogen-bond donors (Lipinski definition) is 0. The van der Waals surface area contributed by atoms with Crippen molar-refractivity contribution in [2.24, 2.45) is 0 Å². The summed E-state index contributed by atoms with van der Waals surface area (Å²) in [5, 5.41) is 4.63. The van der Waals surface area contributed by atoms with Crippen molar-refractivity contribution in [2.75, 3.05) is 6.54 Å². The number of hydrogen-bond acceptors (Lipinski definition) is 3. The van der Waals surface area contributed by atoms with Gasteiger partial charge in [0.05, 0.1) is 24.7 Å². The van der Waals surface area contributed by atoms with E-state index in [-0.39, 0.29) is 29.7 Å². The maximum absolute atomic E-state index is 13.9. The van der Waals surface area contributed by atoms with Gasteiger partial charge < -0.3 is 4.90 Å². The predicted molar refractivity (Wildman–Crippen MR) is 105 cm³/mol. The molecule has 0 N–H and O–H groups in total. The number of likely N-dealkylation sites (tertiary alicyclic amines) is 1. The molecule has 2 aliphatic rings. The molecule has 0 spiro atoms. The Morgan fingerprint density at radius 3 is 2.82 bits per heavy atom. The first-order valence-corrected chi connectivity index (χ1v) is 10.2. The largest absolute Gasteiger partial charge is 0.338 e. The van der Waals surface area contributed by atoms with Crippen LogP contribution in [0.2, 0.25) is 0 Å². The van der Waals surface area contributed by atoms with Gasteiger partial charge in [0.2, 0.25) is 5.91 Å². The first-order valence-electron chi connectivity index (χ1n) is 10.2. The molecule has 2 heterocycles. The highest BCUT2D eigenvalue weighted by Crippen LogP contribution is 2.21. The summed E-state index contributed by atoms with van der Waals surface area (Å²) in [5.74, 6) is -0.439. The van der Waals surface area contributed by atoms with Crippen molar-refractivity contribution in [2.45, 2.75) is 64.0 Å². The van der Waals surface area contributed by atoms with Crippen LogP contribution in [-0.4, -0.2) is 33.2 Å². The van der Waals surface area contributed by atoms with Gasteiger partial charge in [-0.05, 0) is 55.7 Å². The number of benzene rings is 1. The highest BCUT2D eigenvalue weighted by atomic mass is 19.1. The van der Waals surface area contributed by atoms with E-state index in [0.717, 1.165) is 49.8 Å². The molecule has 1 saturated heterocycles. The number of rotatable bonds is 4. The molecule has 28 heavy (non-hydrogen) atoms. The van der Waals surface area contributed by atoms with Crippen molar-refractivity contribution in [1.82, 2.24) is 14.7 Å². The summed E-state index contributed by atoms with van der Waals surface area (Å²) < 4.78 is 15.4. The van der Waals surface area contributed by atoms with Crippen molar-refractivity contribution in [3.63, 3.8) is 0 Å². The number of amides is 1. The average Bonchev–Trinajstić information content (AvgIpc) is 3.03. The van der Waals surface area contributed by atoms with Gasteiger partial charge in [0.25, 0.3) is 5.56 Å². The molecule has 0 radical (unpaired) electrons. The SMILES string of the molecule is O=C(Cc1ccccc1F)N1CCC[C@H]1Cn1nc2c(cc1=O)CCCCC2. The summed E-state index contributed by atoms with van der Waals surface area (Å²) >= 11 is 0. The molecule has 0 unspecified atom stereocenters. The van der Waals surface area contributed by atoms with E-state index in [1.807, 2.05) is 0 Å². The van der Waals surface area contributed by atoms with E-state index >= 15 is 0 Å². The molecule has 0 bridgehead atoms. The standard InChI is InChI=1S/C22H26FN3O2/c23-19-10-5-4-7-16(19)13-21(27)25-12-6-9-18(25)15-26-22(28)14-17-8-2-1-3-11-20(17)24-26/h4-5,7,10,14,18H,1-3,6,8-9,11-13,15H2/t18-/m0/s1. The Labute approximate surface area is 164 Å². The van der Waals surface area contributed by atoms with E-state index in [1.165, 1.54) is 17.2 Å². The second kappa shape index (κ2) is 8.25. The molecule has 1 aliphatic carbocycles. The van der Waals surface area contributed by atoms with Crippen molar-refractivity contribution in [3.8, 4) is 0 Å². The summed E-state index contributed by atoms with van der Waals surface area (Å²) in [6.45, 7) is 1.06. The number of carbonyl (C=O) groups excluding carboxylic acids is 1. The van der Waals surface area contributed by atoms with Gasteiger partial charge in [0.15, 0.2) is 0 Å². The zero-order chi connectivity index (χ0) is 19.5. The molecule has 1 atom stereocenters. The lowest BCUT2D eigenvalue weighted by molar-refractivity contribution is -0.131. The second-order valence-electron chi connectivity index (χ2n) is 7.85. The van der Waals surface area contributed by atoms with Crippen LogP contribution in [-0.2, 0) is 30.6 Å². The Kier molecular flexibility index (Phi) is 5.55. The molecule has 0 saturated carbocycles. The average molecular weight is 383 g/mol. The van der Waals surface area contributed by atoms with Gasteiger partial charge >= 0.3 is 0 Å². The van der Waals surface area contributed by atoms with Crippen LogP contribution in [0.1, 0.15) is 48.9 Å². The first kappa shape index (κ1) is 18.8. The molecule has 4 rings (SSSR count). The fraction of sp³-hybridized carbons (Fsp3) is 0.500. The van der Waals surface area contributed by atoms with Crippen LogP contribution in [0, 0.1) is 5.82 Å². The Morgan fingerprint density at radius 1 is 1.14 bits per heavy atom. The molecule has 6 heteroatoms. The number of aryl methyl sites for hydroxylation is 2. The third-order valence-corrected chi connectivity index (χ3v) is 5.90. The molecule has 1 aliphatic heterocycles. The first-order chi connectivity index (χ1) is 13.6. The van der Waals surface area contributed by atoms with Crippen LogP contribution >= 0.6 is 0 Å². The third-order valence-electron chi connectivity index (χ3n) is 5.90. The monoisotopic (exact) mass is 383 g/mol. The van der Waals surface area contributed by atoms with Crippen molar-refractivity contribution < 1.29 is 9.18 Å². The van der Waals surface area contributed by atoms with Gasteiger partial charge in [-0.15, -0.1) is 0 Å². The third kappa shape index (κ3) is 4.01. The molecule has 1 aromatic heterocycles. The van der Waals surface area contributed by atoms with Crippen molar-refractivity contribution in [3.05, 3.63) is 63.3 Å². The number of carbonyl (C=O) groups is 1. The zero-order valence-corrected chi connectivity index (χ0v) is 16.1. The quantitative estimate of drug-likeness (QED) is 0.763. The Bertz CT molecular complexity index is 924. The fourth-order valence-corrected chi connectivity index (χ4v) is 4.37. The molecule has 1 aromatic carbocycles. The molecular weight excluding hydrogens is 357 g/mol. The Morgan fingerprint density at radius 2 is 1.96 bits per heavy atom. The van der Waals surface area contributed by atoms with E-state index in [4.69, 9.17) is 0 Å². The van der Waals surface area contributed by atoms with E-state index < -0.39 is 0 Å². The van der Waals surface area contributed by atoms with Crippen LogP contribution in [0.5, 0.6) is 0 Å². The second-order valence-corrected chi connectivity index (χ2v) is 7.85. The fourth-order valence-electron chi connectivity index (χ4n) is 4.37. The van der Waals surface area contributed by atoms with Crippen LogP contribution in [0.4, 0.5) is 4.39 Å². The lowest BCUT2D eigenvalue weighted by Gasteiger charge is -2.25. The minimum absolute atomic E-state index is 0.0513. The summed E-state index contributed by atoms with van der Waals surface area (Å²) in [5.41, 5.74) is 2.43. The molecule has 148 valence electrons. The smallest absolute Gasteiger partial charge is 0.267 e. The number of aromatic nitrogens is 2. The van der Waals surface area contributed by atoms with E-state index in [1.54, 1.807) is 29.2 Å². The lowest BCUT2D eigenvalue weighted by atomic mass is 10.1. The summed E-state index contributed by atoms with van der Waals surface area (Å²) in [6, 6.07) is 8.06. The summed E-state index contributed by atoms with van der Waals surface area (Å²) in [4.78, 5) is 27.1. The van der Waals surface area contributed by atoms with E-state index in [2.05, 4.69) is 5.10 Å². The van der Waals surface area contributed by atoms with Gasteiger partial charge in [0.1, 0.15) is 5.82 Å². The summed E-state index contributed by atoms with van der Waals surface area (Å²) in [7, 11) is 0. The van der Waals surface area contributed by atoms with Gasteiger partial charge in [-0.3, -0.25) is 9.59 Å². The summed E-state index contributed by atoms with van der Waals surface area (Å²) in [6.07, 6.45) is 7.02. The lowest BCUT2D eigenvalue weighted by Crippen LogP contribution is -2.41. The number of fused-ring (bicyclic) bond motifs is 1. The van der Waals surface area contributed by atoms with Crippen LogP contribution in [0.25, 0.3) is 0 Å². The number of halogens is 1. The highest BCUT2D eigenvalue weighted by molar-refractivity contribution is 5.79. The van der Waals surface area contributed by atoms with Gasteiger partial charge in [0, 0.05) is 12.6 Å². The van der Waals surface area contributed by atoms with Crippen molar-refractivity contribution >= 4 is 5.91 Å². The predicted octanol–water partition coefficient (Wildman–Crippen LogP) is 2.89. The van der Waals surface area contributed by atoms with E-state index in [9.17, 15) is 14.0 Å². The molecule has 1 amide bonds. The molecule has 2 aromatic rings. The van der Waals surface area contributed by atoms with Gasteiger partial charge in [-0.1, -0.05) is 24.6 Å². The Balaban J connectivity index is 1.50. The van der Waals surface area contributed by atoms with Gasteiger partial charge in [-0.2, -0.15) is 5.10 Å². The molecule has 1 fully saturated rings. The van der Waals surface area contributed by atoms with Crippen LogP contribution in [0.15, 0.2) is 35.1 Å². The normalized spacial score (nSPS) is 19.3. The maximum Gasteiger partial charge on any atom is 0.267 e.